The average molecular weight is 487 g/mol. The zero-order chi connectivity index (χ0) is 24.0. The molecule has 0 fully saturated rings. The molecule has 0 saturated heterocycles. The van der Waals surface area contributed by atoms with Crippen LogP contribution in [0.5, 0.6) is 17.2 Å². The van der Waals surface area contributed by atoms with Crippen LogP contribution in [0.2, 0.25) is 0 Å². The number of rotatable bonds is 10. The summed E-state index contributed by atoms with van der Waals surface area (Å²) < 4.78 is 15.5. The molecule has 0 saturated carbocycles. The van der Waals surface area contributed by atoms with Gasteiger partial charge in [0.25, 0.3) is 0 Å². The summed E-state index contributed by atoms with van der Waals surface area (Å²) in [6.45, 7) is 0. The summed E-state index contributed by atoms with van der Waals surface area (Å²) in [6.07, 6.45) is 0. The maximum absolute atomic E-state index is 13.2. The van der Waals surface area contributed by atoms with Gasteiger partial charge in [0, 0.05) is 17.0 Å². The highest BCUT2D eigenvalue weighted by Crippen LogP contribution is 2.35. The van der Waals surface area contributed by atoms with Crippen LogP contribution in [0.25, 0.3) is 0 Å². The SMILES string of the molecule is COc1ccc(C(=O)C(Cl)C(c2ccc(OC)cc2)C(Cl)C(=O)c2ccc(OC)cc2)cc1. The van der Waals surface area contributed by atoms with E-state index in [9.17, 15) is 9.59 Å². The molecule has 0 N–H and O–H groups in total. The van der Waals surface area contributed by atoms with Crippen molar-refractivity contribution in [3.63, 3.8) is 0 Å². The van der Waals surface area contributed by atoms with Gasteiger partial charge in [0.2, 0.25) is 0 Å². The number of halogens is 2. The van der Waals surface area contributed by atoms with E-state index in [1.807, 2.05) is 0 Å². The molecule has 0 aliphatic carbocycles. The van der Waals surface area contributed by atoms with Gasteiger partial charge in [-0.25, -0.2) is 0 Å². The van der Waals surface area contributed by atoms with Crippen molar-refractivity contribution in [2.75, 3.05) is 21.3 Å². The number of carbonyl (C=O) groups is 2. The monoisotopic (exact) mass is 486 g/mol. The number of benzene rings is 3. The lowest BCUT2D eigenvalue weighted by molar-refractivity contribution is 0.0951. The fourth-order valence-electron chi connectivity index (χ4n) is 3.47. The first-order chi connectivity index (χ1) is 15.9. The van der Waals surface area contributed by atoms with E-state index in [1.54, 1.807) is 94.1 Å². The zero-order valence-corrected chi connectivity index (χ0v) is 20.0. The fourth-order valence-corrected chi connectivity index (χ4v) is 4.38. The summed E-state index contributed by atoms with van der Waals surface area (Å²) in [6, 6.07) is 20.3. The van der Waals surface area contributed by atoms with Crippen molar-refractivity contribution in [1.82, 2.24) is 0 Å². The molecule has 7 heteroatoms. The van der Waals surface area contributed by atoms with Gasteiger partial charge in [-0.1, -0.05) is 12.1 Å². The lowest BCUT2D eigenvalue weighted by Gasteiger charge is -2.26. The van der Waals surface area contributed by atoms with Crippen molar-refractivity contribution in [1.29, 1.82) is 0 Å². The highest BCUT2D eigenvalue weighted by molar-refractivity contribution is 6.39. The van der Waals surface area contributed by atoms with Gasteiger partial charge in [-0.3, -0.25) is 9.59 Å². The predicted molar refractivity (Wildman–Crippen MR) is 130 cm³/mol. The molecule has 0 aromatic heterocycles. The summed E-state index contributed by atoms with van der Waals surface area (Å²) in [5.74, 6) is 0.409. The Morgan fingerprint density at radius 3 is 1.18 bits per heavy atom. The number of Topliss-reactive ketones (excluding diaryl/α,β-unsaturated/α-hetero) is 2. The molecule has 0 amide bonds. The average Bonchev–Trinajstić information content (AvgIpc) is 2.88. The summed E-state index contributed by atoms with van der Waals surface area (Å²) in [5, 5.41) is -2.17. The second-order valence-corrected chi connectivity index (χ2v) is 8.23. The van der Waals surface area contributed by atoms with Crippen LogP contribution in [0.4, 0.5) is 0 Å². The normalized spacial score (nSPS) is 13.5. The Hall–Kier alpha value is -3.02. The van der Waals surface area contributed by atoms with Crippen molar-refractivity contribution in [2.45, 2.75) is 16.7 Å². The summed E-state index contributed by atoms with van der Waals surface area (Å²) >= 11 is 13.4. The second kappa shape index (κ2) is 11.2. The number of methoxy groups -OCH3 is 3. The first-order valence-corrected chi connectivity index (χ1v) is 11.1. The number of ketones is 2. The Kier molecular flexibility index (Phi) is 8.37. The van der Waals surface area contributed by atoms with Gasteiger partial charge in [-0.2, -0.15) is 0 Å². The molecule has 3 aromatic carbocycles. The molecule has 2 unspecified atom stereocenters. The highest BCUT2D eigenvalue weighted by atomic mass is 35.5. The van der Waals surface area contributed by atoms with Crippen LogP contribution in [-0.2, 0) is 0 Å². The Morgan fingerprint density at radius 2 is 0.879 bits per heavy atom. The molecule has 3 aromatic rings. The van der Waals surface area contributed by atoms with Crippen LogP contribution in [0, 0.1) is 0 Å². The van der Waals surface area contributed by atoms with Crippen LogP contribution >= 0.6 is 23.2 Å². The summed E-state index contributed by atoms with van der Waals surface area (Å²) in [7, 11) is 4.65. The number of alkyl halides is 2. The van der Waals surface area contributed by atoms with Crippen LogP contribution in [0.1, 0.15) is 32.2 Å². The molecular formula is C26H24Cl2O5. The van der Waals surface area contributed by atoms with Gasteiger partial charge in [-0.05, 0) is 66.2 Å². The second-order valence-electron chi connectivity index (χ2n) is 7.29. The van der Waals surface area contributed by atoms with Gasteiger partial charge < -0.3 is 14.2 Å². The smallest absolute Gasteiger partial charge is 0.181 e. The molecule has 0 bridgehead atoms. The predicted octanol–water partition coefficient (Wildman–Crippen LogP) is 5.78. The van der Waals surface area contributed by atoms with Crippen LogP contribution in [0.3, 0.4) is 0 Å². The minimum absolute atomic E-state index is 0.340. The first kappa shape index (κ1) is 24.6. The van der Waals surface area contributed by atoms with Crippen molar-refractivity contribution in [3.05, 3.63) is 89.5 Å². The third-order valence-corrected chi connectivity index (χ3v) is 6.32. The van der Waals surface area contributed by atoms with E-state index in [0.29, 0.717) is 33.9 Å². The molecule has 0 aliphatic heterocycles. The standard InChI is InChI=1S/C26H24Cl2O5/c1-31-19-10-4-16(5-11-19)22(23(27)25(29)17-6-12-20(32-2)13-7-17)24(28)26(30)18-8-14-21(33-3)15-9-18/h4-15,22-24H,1-3H3. The lowest BCUT2D eigenvalue weighted by Crippen LogP contribution is -2.34. The van der Waals surface area contributed by atoms with Crippen LogP contribution in [-0.4, -0.2) is 43.7 Å². The van der Waals surface area contributed by atoms with Gasteiger partial charge in [0.05, 0.1) is 21.3 Å². The number of hydrogen-bond acceptors (Lipinski definition) is 5. The van der Waals surface area contributed by atoms with Gasteiger partial charge in [0.15, 0.2) is 11.6 Å². The van der Waals surface area contributed by atoms with E-state index in [2.05, 4.69) is 0 Å². The quantitative estimate of drug-likeness (QED) is 0.268. The van der Waals surface area contributed by atoms with Gasteiger partial charge >= 0.3 is 0 Å². The van der Waals surface area contributed by atoms with E-state index in [-0.39, 0.29) is 11.6 Å². The van der Waals surface area contributed by atoms with Crippen molar-refractivity contribution < 1.29 is 23.8 Å². The highest BCUT2D eigenvalue weighted by Gasteiger charge is 2.38. The molecular weight excluding hydrogens is 463 g/mol. The largest absolute Gasteiger partial charge is 0.497 e. The molecule has 5 nitrogen and oxygen atoms in total. The Bertz CT molecular complexity index is 1010. The Balaban J connectivity index is 1.96. The minimum atomic E-state index is -1.09. The van der Waals surface area contributed by atoms with Crippen LogP contribution < -0.4 is 14.2 Å². The number of carbonyl (C=O) groups excluding carboxylic acids is 2. The molecule has 3 rings (SSSR count). The van der Waals surface area contributed by atoms with Crippen LogP contribution in [0.15, 0.2) is 72.8 Å². The number of hydrogen-bond donors (Lipinski definition) is 0. The zero-order valence-electron chi connectivity index (χ0n) is 18.5. The van der Waals surface area contributed by atoms with Crippen molar-refractivity contribution in [3.8, 4) is 17.2 Å². The molecule has 172 valence electrons. The topological polar surface area (TPSA) is 61.8 Å². The third-order valence-electron chi connectivity index (χ3n) is 5.38. The first-order valence-electron chi connectivity index (χ1n) is 10.2. The lowest BCUT2D eigenvalue weighted by atomic mass is 9.85. The molecule has 0 radical (unpaired) electrons. The van der Waals surface area contributed by atoms with Crippen molar-refractivity contribution >= 4 is 34.8 Å². The summed E-state index contributed by atoms with van der Waals surface area (Å²) in [5.41, 5.74) is 1.45. The molecule has 0 heterocycles. The van der Waals surface area contributed by atoms with E-state index in [1.165, 1.54) is 0 Å². The Morgan fingerprint density at radius 1 is 0.576 bits per heavy atom. The number of ether oxygens (including phenoxy) is 3. The van der Waals surface area contributed by atoms with Gasteiger partial charge in [0.1, 0.15) is 28.0 Å². The van der Waals surface area contributed by atoms with E-state index in [4.69, 9.17) is 37.4 Å². The Labute approximate surface area is 203 Å². The van der Waals surface area contributed by atoms with E-state index < -0.39 is 16.7 Å². The maximum Gasteiger partial charge on any atom is 0.181 e. The summed E-state index contributed by atoms with van der Waals surface area (Å²) in [4.78, 5) is 26.5. The molecule has 2 atom stereocenters. The molecule has 33 heavy (non-hydrogen) atoms. The fraction of sp³-hybridized carbons (Fsp3) is 0.231. The maximum atomic E-state index is 13.2. The third kappa shape index (κ3) is 5.67. The molecule has 0 aliphatic rings. The van der Waals surface area contributed by atoms with E-state index >= 15 is 0 Å². The minimum Gasteiger partial charge on any atom is -0.497 e. The van der Waals surface area contributed by atoms with E-state index in [0.717, 1.165) is 0 Å². The van der Waals surface area contributed by atoms with Crippen molar-refractivity contribution in [2.24, 2.45) is 0 Å². The molecule has 0 spiro atoms. The van der Waals surface area contributed by atoms with Gasteiger partial charge in [-0.15, -0.1) is 23.2 Å².